The van der Waals surface area contributed by atoms with Gasteiger partial charge >= 0.3 is 0 Å². The largest absolute Gasteiger partial charge is 0.379 e. The van der Waals surface area contributed by atoms with Gasteiger partial charge in [0, 0.05) is 44.4 Å². The van der Waals surface area contributed by atoms with Crippen LogP contribution in [0.4, 0.5) is 5.69 Å². The summed E-state index contributed by atoms with van der Waals surface area (Å²) in [4.78, 5) is 27.1. The third-order valence-corrected chi connectivity index (χ3v) is 4.17. The van der Waals surface area contributed by atoms with Crippen molar-refractivity contribution >= 4 is 11.6 Å². The first kappa shape index (κ1) is 18.8. The number of para-hydroxylation sites is 1. The minimum absolute atomic E-state index is 0.0360. The van der Waals surface area contributed by atoms with Crippen molar-refractivity contribution in [2.24, 2.45) is 0 Å². The van der Waals surface area contributed by atoms with Gasteiger partial charge in [0.15, 0.2) is 0 Å². The summed E-state index contributed by atoms with van der Waals surface area (Å²) in [5.74, 6) is -0.196. The highest BCUT2D eigenvalue weighted by atomic mass is 16.6. The van der Waals surface area contributed by atoms with E-state index in [0.717, 1.165) is 13.1 Å². The first-order valence-corrected chi connectivity index (χ1v) is 8.29. The van der Waals surface area contributed by atoms with Gasteiger partial charge in [-0.3, -0.25) is 19.8 Å². The maximum absolute atomic E-state index is 12.6. The van der Waals surface area contributed by atoms with Gasteiger partial charge < -0.3 is 9.64 Å². The summed E-state index contributed by atoms with van der Waals surface area (Å²) in [6.45, 7) is 4.55. The number of morpholine rings is 1. The van der Waals surface area contributed by atoms with Crippen LogP contribution >= 0.6 is 0 Å². The number of nitriles is 1. The normalized spacial score (nSPS) is 14.7. The van der Waals surface area contributed by atoms with Crippen molar-refractivity contribution in [1.82, 2.24) is 9.80 Å². The summed E-state index contributed by atoms with van der Waals surface area (Å²) in [6, 6.07) is 8.31. The molecular formula is C17H22N4O4. The number of nitrogens with zero attached hydrogens (tertiary/aromatic N) is 4. The predicted octanol–water partition coefficient (Wildman–Crippen LogP) is 1.21. The summed E-state index contributed by atoms with van der Waals surface area (Å²) in [5.41, 5.74) is 0.343. The molecule has 1 aliphatic heterocycles. The van der Waals surface area contributed by atoms with E-state index in [1.54, 1.807) is 23.1 Å². The molecule has 25 heavy (non-hydrogen) atoms. The average Bonchev–Trinajstić information content (AvgIpc) is 2.63. The van der Waals surface area contributed by atoms with Gasteiger partial charge in [0.2, 0.25) is 5.91 Å². The predicted molar refractivity (Wildman–Crippen MR) is 90.9 cm³/mol. The van der Waals surface area contributed by atoms with Crippen LogP contribution in [0.1, 0.15) is 12.0 Å². The Morgan fingerprint density at radius 2 is 2.04 bits per heavy atom. The zero-order chi connectivity index (χ0) is 18.1. The van der Waals surface area contributed by atoms with E-state index in [0.29, 0.717) is 38.4 Å². The summed E-state index contributed by atoms with van der Waals surface area (Å²) < 4.78 is 5.30. The van der Waals surface area contributed by atoms with E-state index < -0.39 is 4.92 Å². The van der Waals surface area contributed by atoms with Crippen LogP contribution in [0.25, 0.3) is 0 Å². The highest BCUT2D eigenvalue weighted by Crippen LogP contribution is 2.19. The minimum atomic E-state index is -0.476. The van der Waals surface area contributed by atoms with E-state index in [2.05, 4.69) is 4.90 Å². The van der Waals surface area contributed by atoms with Gasteiger partial charge in [0.1, 0.15) is 0 Å². The van der Waals surface area contributed by atoms with Crippen molar-refractivity contribution in [2.45, 2.75) is 12.8 Å². The zero-order valence-electron chi connectivity index (χ0n) is 14.1. The number of hydrogen-bond acceptors (Lipinski definition) is 6. The van der Waals surface area contributed by atoms with Crippen molar-refractivity contribution in [2.75, 3.05) is 45.9 Å². The summed E-state index contributed by atoms with van der Waals surface area (Å²) in [7, 11) is 0. The molecule has 2 rings (SSSR count). The number of ether oxygens (including phenoxy) is 1. The fourth-order valence-electron chi connectivity index (χ4n) is 2.75. The van der Waals surface area contributed by atoms with Crippen molar-refractivity contribution in [3.8, 4) is 6.07 Å². The lowest BCUT2D eigenvalue weighted by molar-refractivity contribution is -0.385. The number of carbonyl (C=O) groups excluding carboxylic acids is 1. The van der Waals surface area contributed by atoms with E-state index in [9.17, 15) is 14.9 Å². The standard InChI is InChI=1S/C17H22N4O4/c18-6-3-7-20(9-8-19-10-12-25-13-11-19)17(22)14-15-4-1-2-5-16(15)21(23)24/h1-2,4-5H,3,7-14H2. The molecule has 8 nitrogen and oxygen atoms in total. The summed E-state index contributed by atoms with van der Waals surface area (Å²) in [6.07, 6.45) is 0.206. The topological polar surface area (TPSA) is 99.7 Å². The molecule has 1 heterocycles. The Morgan fingerprint density at radius 1 is 1.32 bits per heavy atom. The first-order chi connectivity index (χ1) is 12.1. The van der Waals surface area contributed by atoms with E-state index in [4.69, 9.17) is 10.00 Å². The van der Waals surface area contributed by atoms with E-state index in [-0.39, 0.29) is 24.4 Å². The van der Waals surface area contributed by atoms with Gasteiger partial charge in [-0.05, 0) is 0 Å². The molecule has 1 aliphatic rings. The van der Waals surface area contributed by atoms with Crippen molar-refractivity contribution < 1.29 is 14.5 Å². The minimum Gasteiger partial charge on any atom is -0.379 e. The summed E-state index contributed by atoms with van der Waals surface area (Å²) in [5, 5.41) is 19.9. The summed E-state index contributed by atoms with van der Waals surface area (Å²) >= 11 is 0. The average molecular weight is 346 g/mol. The Balaban J connectivity index is 1.99. The molecular weight excluding hydrogens is 324 g/mol. The second-order valence-electron chi connectivity index (χ2n) is 5.81. The maximum atomic E-state index is 12.6. The molecule has 1 amide bonds. The van der Waals surface area contributed by atoms with Crippen LogP contribution in [0, 0.1) is 21.4 Å². The Hall–Kier alpha value is -2.50. The quantitative estimate of drug-likeness (QED) is 0.518. The smallest absolute Gasteiger partial charge is 0.273 e. The number of hydrogen-bond donors (Lipinski definition) is 0. The molecule has 1 aromatic carbocycles. The Kier molecular flexibility index (Phi) is 7.32. The van der Waals surface area contributed by atoms with Crippen LogP contribution in [-0.2, 0) is 16.0 Å². The number of nitro benzene ring substituents is 1. The molecule has 8 heteroatoms. The molecule has 0 unspecified atom stereocenters. The van der Waals surface area contributed by atoms with E-state index in [1.165, 1.54) is 6.07 Å². The van der Waals surface area contributed by atoms with Crippen LogP contribution in [-0.4, -0.2) is 66.6 Å². The van der Waals surface area contributed by atoms with Crippen molar-refractivity contribution in [1.29, 1.82) is 5.26 Å². The molecule has 0 atom stereocenters. The molecule has 0 N–H and O–H groups in total. The fraction of sp³-hybridized carbons (Fsp3) is 0.529. The van der Waals surface area contributed by atoms with Gasteiger partial charge in [-0.1, -0.05) is 18.2 Å². The van der Waals surface area contributed by atoms with Gasteiger partial charge in [0.05, 0.1) is 37.0 Å². The third kappa shape index (κ3) is 5.81. The Morgan fingerprint density at radius 3 is 2.72 bits per heavy atom. The van der Waals surface area contributed by atoms with Crippen LogP contribution < -0.4 is 0 Å². The first-order valence-electron chi connectivity index (χ1n) is 8.29. The maximum Gasteiger partial charge on any atom is 0.273 e. The van der Waals surface area contributed by atoms with Gasteiger partial charge in [0.25, 0.3) is 5.69 Å². The molecule has 1 aromatic rings. The van der Waals surface area contributed by atoms with Gasteiger partial charge in [-0.15, -0.1) is 0 Å². The fourth-order valence-corrected chi connectivity index (χ4v) is 2.75. The number of nitro groups is 1. The number of benzene rings is 1. The Labute approximate surface area is 146 Å². The van der Waals surface area contributed by atoms with Crippen molar-refractivity contribution in [3.05, 3.63) is 39.9 Å². The lowest BCUT2D eigenvalue weighted by atomic mass is 10.1. The Bertz CT molecular complexity index is 638. The molecule has 0 bridgehead atoms. The van der Waals surface area contributed by atoms with Crippen LogP contribution in [0.3, 0.4) is 0 Å². The molecule has 0 spiro atoms. The molecule has 0 saturated carbocycles. The van der Waals surface area contributed by atoms with Gasteiger partial charge in [-0.25, -0.2) is 0 Å². The van der Waals surface area contributed by atoms with E-state index >= 15 is 0 Å². The zero-order valence-corrected chi connectivity index (χ0v) is 14.1. The molecule has 134 valence electrons. The van der Waals surface area contributed by atoms with E-state index in [1.807, 2.05) is 6.07 Å². The van der Waals surface area contributed by atoms with Crippen LogP contribution in [0.2, 0.25) is 0 Å². The highest BCUT2D eigenvalue weighted by Gasteiger charge is 2.20. The lowest BCUT2D eigenvalue weighted by Crippen LogP contribution is -2.43. The van der Waals surface area contributed by atoms with Crippen LogP contribution in [0.15, 0.2) is 24.3 Å². The number of carbonyl (C=O) groups is 1. The monoisotopic (exact) mass is 346 g/mol. The molecule has 0 radical (unpaired) electrons. The number of rotatable bonds is 8. The second-order valence-corrected chi connectivity index (χ2v) is 5.81. The van der Waals surface area contributed by atoms with Crippen molar-refractivity contribution in [3.63, 3.8) is 0 Å². The SMILES string of the molecule is N#CCCN(CCN1CCOCC1)C(=O)Cc1ccccc1[N+](=O)[O-]. The molecule has 0 aromatic heterocycles. The molecule has 1 saturated heterocycles. The molecule has 0 aliphatic carbocycles. The van der Waals surface area contributed by atoms with Crippen LogP contribution in [0.5, 0.6) is 0 Å². The third-order valence-electron chi connectivity index (χ3n) is 4.17. The van der Waals surface area contributed by atoms with Gasteiger partial charge in [-0.2, -0.15) is 5.26 Å². The lowest BCUT2D eigenvalue weighted by Gasteiger charge is -2.30. The highest BCUT2D eigenvalue weighted by molar-refractivity contribution is 5.80. The second kappa shape index (κ2) is 9.71. The number of amides is 1. The molecule has 1 fully saturated rings.